The Balaban J connectivity index is 3.01. The van der Waals surface area contributed by atoms with Gasteiger partial charge in [0.1, 0.15) is 0 Å². The Hall–Kier alpha value is 0.137. The van der Waals surface area contributed by atoms with Gasteiger partial charge in [-0.15, -0.1) is 0 Å². The highest BCUT2D eigenvalue weighted by Crippen LogP contribution is 1.97. The third kappa shape index (κ3) is 10.1. The van der Waals surface area contributed by atoms with Crippen molar-refractivity contribution in [3.63, 3.8) is 0 Å². The molecule has 0 bridgehead atoms. The van der Waals surface area contributed by atoms with E-state index < -0.39 is 9.92 Å². The largest absolute Gasteiger partial charge is 0.409 e. The van der Waals surface area contributed by atoms with Crippen LogP contribution in [0.15, 0.2) is 0 Å². The molecule has 0 aromatic heterocycles. The van der Waals surface area contributed by atoms with Gasteiger partial charge in [-0.3, -0.25) is 0 Å². The molecule has 0 fully saturated rings. The highest BCUT2D eigenvalue weighted by Gasteiger charge is 2.07. The molecule has 0 aliphatic carbocycles. The minimum atomic E-state index is -0.471. The molecule has 0 aliphatic heterocycles. The molecule has 0 radical (unpaired) electrons. The monoisotopic (exact) mass is 189 g/mol. The minimum absolute atomic E-state index is 0.233. The van der Waals surface area contributed by atoms with Crippen LogP contribution in [0.2, 0.25) is 0 Å². The molecule has 0 saturated carbocycles. The fourth-order valence-electron chi connectivity index (χ4n) is 0.794. The smallest absolute Gasteiger partial charge is 0.236 e. The normalized spacial score (nSPS) is 13.0. The van der Waals surface area contributed by atoms with E-state index in [4.69, 9.17) is 4.43 Å². The first kappa shape index (κ1) is 12.1. The molecule has 0 rings (SSSR count). The molecule has 0 heterocycles. The number of hydrogen-bond acceptors (Lipinski definition) is 2. The van der Waals surface area contributed by atoms with Crippen LogP contribution >= 0.6 is 0 Å². The van der Waals surface area contributed by atoms with Crippen molar-refractivity contribution in [3.05, 3.63) is 0 Å². The molecule has 0 atom stereocenters. The van der Waals surface area contributed by atoms with E-state index in [0.717, 1.165) is 6.61 Å². The van der Waals surface area contributed by atoms with Gasteiger partial charge < -0.3 is 9.41 Å². The fourth-order valence-corrected chi connectivity index (χ4v) is 1.68. The van der Waals surface area contributed by atoms with Crippen LogP contribution in [-0.4, -0.2) is 22.1 Å². The van der Waals surface area contributed by atoms with E-state index >= 15 is 0 Å². The van der Waals surface area contributed by atoms with Gasteiger partial charge in [-0.25, -0.2) is 0 Å². The molecule has 0 spiro atoms. The summed E-state index contributed by atoms with van der Waals surface area (Å²) in [5, 5.41) is 0. The van der Waals surface area contributed by atoms with E-state index in [0.29, 0.717) is 0 Å². The van der Waals surface area contributed by atoms with Crippen molar-refractivity contribution < 1.29 is 4.43 Å². The van der Waals surface area contributed by atoms with Gasteiger partial charge in [-0.2, -0.15) is 0 Å². The van der Waals surface area contributed by atoms with Gasteiger partial charge in [0.2, 0.25) is 9.92 Å². The van der Waals surface area contributed by atoms with E-state index in [1.807, 2.05) is 0 Å². The molecule has 12 heavy (non-hydrogen) atoms. The minimum Gasteiger partial charge on any atom is -0.409 e. The molecule has 0 aromatic rings. The Kier molecular flexibility index (Phi) is 6.71. The molecule has 74 valence electrons. The highest BCUT2D eigenvalue weighted by atomic mass is 28.2. The first-order valence-electron chi connectivity index (χ1n) is 4.89. The lowest BCUT2D eigenvalue weighted by molar-refractivity contribution is 0.306. The second kappa shape index (κ2) is 6.63. The van der Waals surface area contributed by atoms with Crippen molar-refractivity contribution in [1.82, 2.24) is 4.98 Å². The number of unbranched alkanes of at least 4 members (excludes halogenated alkanes) is 2. The van der Waals surface area contributed by atoms with Gasteiger partial charge in [0, 0.05) is 12.1 Å². The molecule has 0 aliphatic rings. The second-order valence-electron chi connectivity index (χ2n) is 4.19. The van der Waals surface area contributed by atoms with Crippen LogP contribution in [-0.2, 0) is 4.43 Å². The van der Waals surface area contributed by atoms with Crippen LogP contribution in [0.25, 0.3) is 0 Å². The maximum atomic E-state index is 5.54. The van der Waals surface area contributed by atoms with Crippen molar-refractivity contribution in [2.75, 3.05) is 6.61 Å². The summed E-state index contributed by atoms with van der Waals surface area (Å²) in [5.41, 5.74) is 0.233. The predicted molar refractivity (Wildman–Crippen MR) is 56.9 cm³/mol. The quantitative estimate of drug-likeness (QED) is 0.506. The number of rotatable bonds is 6. The molecule has 0 aromatic carbocycles. The van der Waals surface area contributed by atoms with Crippen LogP contribution in [0, 0.1) is 0 Å². The van der Waals surface area contributed by atoms with Crippen molar-refractivity contribution >= 4 is 9.92 Å². The maximum Gasteiger partial charge on any atom is 0.236 e. The van der Waals surface area contributed by atoms with Gasteiger partial charge in [0.25, 0.3) is 0 Å². The Morgan fingerprint density at radius 3 is 2.42 bits per heavy atom. The van der Waals surface area contributed by atoms with Gasteiger partial charge in [0.05, 0.1) is 0 Å². The van der Waals surface area contributed by atoms with Crippen molar-refractivity contribution in [2.24, 2.45) is 0 Å². The SMILES string of the molecule is CCCCCO[SiH2]NC(C)(C)C. The summed E-state index contributed by atoms with van der Waals surface area (Å²) >= 11 is 0. The summed E-state index contributed by atoms with van der Waals surface area (Å²) in [6.07, 6.45) is 3.79. The Bertz CT molecular complexity index is 101. The first-order valence-corrected chi connectivity index (χ1v) is 6.17. The fraction of sp³-hybridized carbons (Fsp3) is 1.00. The summed E-state index contributed by atoms with van der Waals surface area (Å²) in [6, 6.07) is 0. The molecule has 0 amide bonds. The van der Waals surface area contributed by atoms with Gasteiger partial charge in [-0.05, 0) is 27.2 Å². The first-order chi connectivity index (χ1) is 5.56. The van der Waals surface area contributed by atoms with E-state index in [-0.39, 0.29) is 5.54 Å². The van der Waals surface area contributed by atoms with Crippen LogP contribution in [0.4, 0.5) is 0 Å². The van der Waals surface area contributed by atoms with Crippen molar-refractivity contribution in [3.8, 4) is 0 Å². The predicted octanol–water partition coefficient (Wildman–Crippen LogP) is 1.58. The number of hydrogen-bond donors (Lipinski definition) is 1. The average molecular weight is 189 g/mol. The van der Waals surface area contributed by atoms with Crippen molar-refractivity contribution in [1.29, 1.82) is 0 Å². The van der Waals surface area contributed by atoms with Crippen LogP contribution in [0.3, 0.4) is 0 Å². The van der Waals surface area contributed by atoms with Crippen molar-refractivity contribution in [2.45, 2.75) is 52.5 Å². The summed E-state index contributed by atoms with van der Waals surface area (Å²) in [6.45, 7) is 9.69. The third-order valence-corrected chi connectivity index (χ3v) is 3.29. The maximum absolute atomic E-state index is 5.54. The average Bonchev–Trinajstić information content (AvgIpc) is 1.94. The zero-order valence-corrected chi connectivity index (χ0v) is 10.4. The van der Waals surface area contributed by atoms with Crippen LogP contribution < -0.4 is 4.98 Å². The van der Waals surface area contributed by atoms with Gasteiger partial charge in [0.15, 0.2) is 0 Å². The lowest BCUT2D eigenvalue weighted by atomic mass is 10.1. The zero-order valence-electron chi connectivity index (χ0n) is 8.94. The molecule has 2 nitrogen and oxygen atoms in total. The van der Waals surface area contributed by atoms with Gasteiger partial charge in [-0.1, -0.05) is 19.8 Å². The Morgan fingerprint density at radius 2 is 1.92 bits per heavy atom. The highest BCUT2D eigenvalue weighted by molar-refractivity contribution is 6.23. The van der Waals surface area contributed by atoms with E-state index in [9.17, 15) is 0 Å². The van der Waals surface area contributed by atoms with Crippen LogP contribution in [0.1, 0.15) is 47.0 Å². The molecule has 0 saturated heterocycles. The van der Waals surface area contributed by atoms with Gasteiger partial charge >= 0.3 is 0 Å². The molecular weight excluding hydrogens is 166 g/mol. The summed E-state index contributed by atoms with van der Waals surface area (Å²) in [5.74, 6) is 0. The summed E-state index contributed by atoms with van der Waals surface area (Å²) < 4.78 is 5.54. The lowest BCUT2D eigenvalue weighted by Gasteiger charge is -2.20. The Morgan fingerprint density at radius 1 is 1.25 bits per heavy atom. The third-order valence-electron chi connectivity index (χ3n) is 1.60. The van der Waals surface area contributed by atoms with E-state index in [2.05, 4.69) is 32.7 Å². The second-order valence-corrected chi connectivity index (χ2v) is 5.24. The lowest BCUT2D eigenvalue weighted by Crippen LogP contribution is -2.39. The zero-order chi connectivity index (χ0) is 9.45. The number of nitrogens with one attached hydrogen (secondary N) is 1. The molecule has 3 heteroatoms. The standard InChI is InChI=1S/C9H23NOSi/c1-5-6-7-8-11-12-10-9(2,3)4/h10H,5-8,12H2,1-4H3. The summed E-state index contributed by atoms with van der Waals surface area (Å²) in [4.78, 5) is 3.42. The Labute approximate surface area is 79.1 Å². The molecular formula is C9H23NOSi. The van der Waals surface area contributed by atoms with Crippen LogP contribution in [0.5, 0.6) is 0 Å². The summed E-state index contributed by atoms with van der Waals surface area (Å²) in [7, 11) is -0.471. The topological polar surface area (TPSA) is 21.3 Å². The molecule has 0 unspecified atom stereocenters. The molecule has 1 N–H and O–H groups in total. The van der Waals surface area contributed by atoms with E-state index in [1.165, 1.54) is 19.3 Å². The van der Waals surface area contributed by atoms with E-state index in [1.54, 1.807) is 0 Å².